The number of hydrogen-bond donors (Lipinski definition) is 0. The Labute approximate surface area is 164 Å². The van der Waals surface area contributed by atoms with E-state index in [1.807, 2.05) is 27.7 Å². The van der Waals surface area contributed by atoms with Crippen molar-refractivity contribution < 1.29 is 24.0 Å². The van der Waals surface area contributed by atoms with Crippen LogP contribution in [0, 0.1) is 22.0 Å². The molecule has 1 aromatic rings. The smallest absolute Gasteiger partial charge is 0.324 e. The minimum absolute atomic E-state index is 0.113. The van der Waals surface area contributed by atoms with E-state index in [1.54, 1.807) is 6.07 Å². The number of nitro benzene ring substituents is 1. The van der Waals surface area contributed by atoms with Crippen LogP contribution in [0.3, 0.4) is 0 Å². The first-order valence-electron chi connectivity index (χ1n) is 9.61. The first kappa shape index (κ1) is 21.7. The average molecular weight is 389 g/mol. The summed E-state index contributed by atoms with van der Waals surface area (Å²) >= 11 is 0. The zero-order chi connectivity index (χ0) is 21.1. The van der Waals surface area contributed by atoms with Crippen molar-refractivity contribution in [3.8, 4) is 0 Å². The van der Waals surface area contributed by atoms with E-state index >= 15 is 0 Å². The highest BCUT2D eigenvalue weighted by Crippen LogP contribution is 2.35. The van der Waals surface area contributed by atoms with Crippen LogP contribution in [0.5, 0.6) is 0 Å². The molecule has 7 heteroatoms. The number of carbonyl (C=O) groups excluding carboxylic acids is 3. The molecule has 0 bridgehead atoms. The molecule has 0 N–H and O–H groups in total. The second-order valence-electron chi connectivity index (χ2n) is 8.23. The van der Waals surface area contributed by atoms with Gasteiger partial charge in [0.25, 0.3) is 5.69 Å². The van der Waals surface area contributed by atoms with Gasteiger partial charge in [-0.15, -0.1) is 0 Å². The SMILES string of the molecule is CCCCOC(=O)C(C(=O)c1ccc(C(C)(C)C)cc1[N+](=O)[O-])C(=O)C1CC1. The molecule has 7 nitrogen and oxygen atoms in total. The van der Waals surface area contributed by atoms with Crippen LogP contribution in [-0.2, 0) is 19.7 Å². The van der Waals surface area contributed by atoms with Gasteiger partial charge in [-0.25, -0.2) is 0 Å². The predicted molar refractivity (Wildman–Crippen MR) is 103 cm³/mol. The van der Waals surface area contributed by atoms with Crippen molar-refractivity contribution >= 4 is 23.2 Å². The molecule has 1 saturated carbocycles. The third-order valence-corrected chi connectivity index (χ3v) is 4.83. The van der Waals surface area contributed by atoms with Gasteiger partial charge in [0.2, 0.25) is 0 Å². The van der Waals surface area contributed by atoms with Gasteiger partial charge in [-0.3, -0.25) is 24.5 Å². The van der Waals surface area contributed by atoms with Gasteiger partial charge in [-0.1, -0.05) is 40.2 Å². The lowest BCUT2D eigenvalue weighted by atomic mass is 9.84. The van der Waals surface area contributed by atoms with Gasteiger partial charge in [0.15, 0.2) is 17.5 Å². The topological polar surface area (TPSA) is 104 Å². The summed E-state index contributed by atoms with van der Waals surface area (Å²) in [6.45, 7) is 7.74. The van der Waals surface area contributed by atoms with Gasteiger partial charge in [0, 0.05) is 12.0 Å². The number of ketones is 2. The molecule has 1 unspecified atom stereocenters. The van der Waals surface area contributed by atoms with Crippen molar-refractivity contribution in [1.29, 1.82) is 0 Å². The number of carbonyl (C=O) groups is 3. The van der Waals surface area contributed by atoms with E-state index in [1.165, 1.54) is 12.1 Å². The fourth-order valence-electron chi connectivity index (χ4n) is 2.87. The maximum atomic E-state index is 13.1. The Hall–Kier alpha value is -2.57. The Bertz CT molecular complexity index is 789. The lowest BCUT2D eigenvalue weighted by Gasteiger charge is -2.20. The van der Waals surface area contributed by atoms with E-state index in [0.29, 0.717) is 24.8 Å². The van der Waals surface area contributed by atoms with Crippen LogP contribution in [0.15, 0.2) is 18.2 Å². The third-order valence-electron chi connectivity index (χ3n) is 4.83. The van der Waals surface area contributed by atoms with Gasteiger partial charge in [-0.05, 0) is 36.3 Å². The van der Waals surface area contributed by atoms with Gasteiger partial charge in [-0.2, -0.15) is 0 Å². The number of benzene rings is 1. The van der Waals surface area contributed by atoms with Crippen LogP contribution in [-0.4, -0.2) is 29.1 Å². The molecule has 1 aliphatic carbocycles. The van der Waals surface area contributed by atoms with Gasteiger partial charge in [0.05, 0.1) is 17.1 Å². The largest absolute Gasteiger partial charge is 0.465 e. The summed E-state index contributed by atoms with van der Waals surface area (Å²) in [7, 11) is 0. The van der Waals surface area contributed by atoms with E-state index in [-0.39, 0.29) is 23.5 Å². The molecule has 0 aliphatic heterocycles. The van der Waals surface area contributed by atoms with E-state index in [4.69, 9.17) is 4.74 Å². The first-order chi connectivity index (χ1) is 13.1. The maximum absolute atomic E-state index is 13.1. The second-order valence-corrected chi connectivity index (χ2v) is 8.23. The van der Waals surface area contributed by atoms with Crippen molar-refractivity contribution in [3.05, 3.63) is 39.4 Å². The molecule has 1 fully saturated rings. The van der Waals surface area contributed by atoms with E-state index in [0.717, 1.165) is 6.42 Å². The van der Waals surface area contributed by atoms with E-state index < -0.39 is 34.1 Å². The van der Waals surface area contributed by atoms with Gasteiger partial charge < -0.3 is 4.74 Å². The van der Waals surface area contributed by atoms with Crippen molar-refractivity contribution in [1.82, 2.24) is 0 Å². The highest BCUT2D eigenvalue weighted by molar-refractivity contribution is 6.24. The van der Waals surface area contributed by atoms with Crippen molar-refractivity contribution in [2.24, 2.45) is 11.8 Å². The Balaban J connectivity index is 2.41. The van der Waals surface area contributed by atoms with Crippen molar-refractivity contribution in [3.63, 3.8) is 0 Å². The van der Waals surface area contributed by atoms with Crippen LogP contribution >= 0.6 is 0 Å². The Morgan fingerprint density at radius 2 is 1.89 bits per heavy atom. The summed E-state index contributed by atoms with van der Waals surface area (Å²) in [6.07, 6.45) is 2.65. The van der Waals surface area contributed by atoms with E-state index in [2.05, 4.69) is 0 Å². The highest BCUT2D eigenvalue weighted by atomic mass is 16.6. The van der Waals surface area contributed by atoms with E-state index in [9.17, 15) is 24.5 Å². The number of nitro groups is 1. The summed E-state index contributed by atoms with van der Waals surface area (Å²) in [6, 6.07) is 4.31. The summed E-state index contributed by atoms with van der Waals surface area (Å²) in [5, 5.41) is 11.6. The zero-order valence-corrected chi connectivity index (χ0v) is 16.8. The number of ether oxygens (including phenoxy) is 1. The molecule has 0 aromatic heterocycles. The summed E-state index contributed by atoms with van der Waals surface area (Å²) in [4.78, 5) is 49.1. The van der Waals surface area contributed by atoms with Crippen molar-refractivity contribution in [2.45, 2.75) is 58.8 Å². The summed E-state index contributed by atoms with van der Waals surface area (Å²) in [5.74, 6) is -4.25. The number of rotatable bonds is 9. The number of nitrogens with zero attached hydrogens (tertiary/aromatic N) is 1. The fourth-order valence-corrected chi connectivity index (χ4v) is 2.87. The second kappa shape index (κ2) is 8.63. The molecule has 28 heavy (non-hydrogen) atoms. The maximum Gasteiger partial charge on any atom is 0.324 e. The van der Waals surface area contributed by atoms with Gasteiger partial charge in [0.1, 0.15) is 0 Å². The Morgan fingerprint density at radius 1 is 1.25 bits per heavy atom. The number of Topliss-reactive ketones (excluding diaryl/α,β-unsaturated/α-hetero) is 2. The zero-order valence-electron chi connectivity index (χ0n) is 16.8. The van der Waals surface area contributed by atoms with Crippen LogP contribution in [0.4, 0.5) is 5.69 Å². The molecule has 0 spiro atoms. The number of hydrogen-bond acceptors (Lipinski definition) is 6. The highest BCUT2D eigenvalue weighted by Gasteiger charge is 2.45. The lowest BCUT2D eigenvalue weighted by Crippen LogP contribution is -2.35. The summed E-state index contributed by atoms with van der Waals surface area (Å²) in [5.41, 5.74) is -0.294. The lowest BCUT2D eigenvalue weighted by molar-refractivity contribution is -0.385. The predicted octanol–water partition coefficient (Wildman–Crippen LogP) is 4.01. The molecule has 0 radical (unpaired) electrons. The molecule has 1 aromatic carbocycles. The molecule has 0 saturated heterocycles. The number of unbranched alkanes of at least 4 members (excludes halogenated alkanes) is 1. The molecule has 2 rings (SSSR count). The molecular weight excluding hydrogens is 362 g/mol. The average Bonchev–Trinajstić information content (AvgIpc) is 3.45. The molecular formula is C21H27NO6. The van der Waals surface area contributed by atoms with Crippen LogP contribution in [0.2, 0.25) is 0 Å². The molecule has 0 heterocycles. The van der Waals surface area contributed by atoms with Crippen molar-refractivity contribution in [2.75, 3.05) is 6.61 Å². The standard InChI is InChI=1S/C21H27NO6/c1-5-6-11-28-20(25)17(18(23)13-7-8-13)19(24)15-10-9-14(21(2,3)4)12-16(15)22(26)27/h9-10,12-13,17H,5-8,11H2,1-4H3. The Morgan fingerprint density at radius 3 is 2.39 bits per heavy atom. The van der Waals surface area contributed by atoms with Crippen LogP contribution in [0.25, 0.3) is 0 Å². The van der Waals surface area contributed by atoms with Crippen LogP contribution < -0.4 is 0 Å². The molecule has 0 amide bonds. The normalized spacial score (nSPS) is 15.0. The molecule has 1 aliphatic rings. The van der Waals surface area contributed by atoms with Crippen LogP contribution in [0.1, 0.15) is 69.3 Å². The minimum atomic E-state index is -1.64. The van der Waals surface area contributed by atoms with Gasteiger partial charge >= 0.3 is 5.97 Å². The fraction of sp³-hybridized carbons (Fsp3) is 0.571. The quantitative estimate of drug-likeness (QED) is 0.158. The monoisotopic (exact) mass is 389 g/mol. The number of esters is 1. The summed E-state index contributed by atoms with van der Waals surface area (Å²) < 4.78 is 5.11. The molecule has 1 atom stereocenters. The minimum Gasteiger partial charge on any atom is -0.465 e. The first-order valence-corrected chi connectivity index (χ1v) is 9.61. The Kier molecular flexibility index (Phi) is 6.69. The molecule has 152 valence electrons. The third kappa shape index (κ3) is 5.03.